The van der Waals surface area contributed by atoms with E-state index in [0.717, 1.165) is 18.7 Å². The van der Waals surface area contributed by atoms with Crippen molar-refractivity contribution in [1.82, 2.24) is 10.1 Å². The van der Waals surface area contributed by atoms with Crippen molar-refractivity contribution in [2.45, 2.75) is 31.2 Å². The molecule has 2 N–H and O–H groups in total. The molecule has 1 saturated heterocycles. The first-order valence-corrected chi connectivity index (χ1v) is 6.95. The second-order valence-corrected chi connectivity index (χ2v) is 5.31. The molecule has 0 spiro atoms. The van der Waals surface area contributed by atoms with E-state index in [4.69, 9.17) is 15.0 Å². The average molecular weight is 273 g/mol. The van der Waals surface area contributed by atoms with Crippen LogP contribution in [0.4, 0.5) is 0 Å². The van der Waals surface area contributed by atoms with Crippen molar-refractivity contribution in [3.63, 3.8) is 0 Å². The van der Waals surface area contributed by atoms with Crippen LogP contribution in [0.5, 0.6) is 0 Å². The largest absolute Gasteiger partial charge is 0.381 e. The van der Waals surface area contributed by atoms with Gasteiger partial charge in [-0.2, -0.15) is 4.98 Å². The molecule has 0 saturated carbocycles. The molecule has 20 heavy (non-hydrogen) atoms. The summed E-state index contributed by atoms with van der Waals surface area (Å²) in [6.45, 7) is 3.25. The van der Waals surface area contributed by atoms with Crippen LogP contribution in [0.3, 0.4) is 0 Å². The summed E-state index contributed by atoms with van der Waals surface area (Å²) in [5.74, 6) is 1.21. The summed E-state index contributed by atoms with van der Waals surface area (Å²) in [5.41, 5.74) is 6.80. The topological polar surface area (TPSA) is 74.2 Å². The van der Waals surface area contributed by atoms with E-state index in [9.17, 15) is 0 Å². The molecule has 1 aliphatic rings. The third-order valence-corrected chi connectivity index (χ3v) is 3.93. The van der Waals surface area contributed by atoms with E-state index in [1.165, 1.54) is 5.56 Å². The zero-order valence-corrected chi connectivity index (χ0v) is 11.6. The molecule has 1 fully saturated rings. The van der Waals surface area contributed by atoms with Crippen molar-refractivity contribution in [1.29, 1.82) is 0 Å². The number of nitrogens with two attached hydrogens (primary N) is 1. The lowest BCUT2D eigenvalue weighted by Gasteiger charge is -2.34. The molecule has 106 valence electrons. The van der Waals surface area contributed by atoms with Gasteiger partial charge in [-0.25, -0.2) is 0 Å². The molecule has 0 aliphatic carbocycles. The molecule has 1 atom stereocenters. The highest BCUT2D eigenvalue weighted by Crippen LogP contribution is 2.39. The lowest BCUT2D eigenvalue weighted by atomic mass is 9.73. The molecule has 2 aromatic rings. The number of aromatic nitrogens is 2. The van der Waals surface area contributed by atoms with E-state index in [1.807, 2.05) is 25.1 Å². The molecule has 5 nitrogen and oxygen atoms in total. The fraction of sp³-hybridized carbons (Fsp3) is 0.467. The summed E-state index contributed by atoms with van der Waals surface area (Å²) in [6.07, 6.45) is 1.71. The predicted molar refractivity (Wildman–Crippen MR) is 74.2 cm³/mol. The van der Waals surface area contributed by atoms with E-state index in [0.29, 0.717) is 19.1 Å². The van der Waals surface area contributed by atoms with Gasteiger partial charge in [-0.15, -0.1) is 0 Å². The molecule has 3 rings (SSSR count). The Bertz CT molecular complexity index is 560. The van der Waals surface area contributed by atoms with Gasteiger partial charge in [0.25, 0.3) is 0 Å². The van der Waals surface area contributed by atoms with Crippen molar-refractivity contribution in [2.75, 3.05) is 13.2 Å². The maximum Gasteiger partial charge on any atom is 0.243 e. The van der Waals surface area contributed by atoms with Gasteiger partial charge >= 0.3 is 0 Å². The lowest BCUT2D eigenvalue weighted by molar-refractivity contribution is 0.0597. The molecule has 0 amide bonds. The maximum atomic E-state index is 5.82. The highest BCUT2D eigenvalue weighted by molar-refractivity contribution is 5.33. The smallest absolute Gasteiger partial charge is 0.243 e. The monoisotopic (exact) mass is 273 g/mol. The van der Waals surface area contributed by atoms with Crippen LogP contribution in [0.2, 0.25) is 0 Å². The van der Waals surface area contributed by atoms with Gasteiger partial charge in [-0.3, -0.25) is 0 Å². The summed E-state index contributed by atoms with van der Waals surface area (Å²) in [5, 5.41) is 4.19. The van der Waals surface area contributed by atoms with Gasteiger partial charge in [0.2, 0.25) is 5.89 Å². The van der Waals surface area contributed by atoms with Crippen molar-refractivity contribution < 1.29 is 9.26 Å². The highest BCUT2D eigenvalue weighted by atomic mass is 16.5. The fourth-order valence-corrected chi connectivity index (χ4v) is 2.73. The number of ether oxygens (including phenoxy) is 1. The summed E-state index contributed by atoms with van der Waals surface area (Å²) in [6, 6.07) is 10.1. The number of benzene rings is 1. The third-order valence-electron chi connectivity index (χ3n) is 3.93. The number of nitrogens with zero attached hydrogens (tertiary/aromatic N) is 2. The Morgan fingerprint density at radius 1 is 1.20 bits per heavy atom. The normalized spacial score (nSPS) is 19.7. The standard InChI is InChI=1S/C15H19N3O2/c1-11(16)13-17-14(18-20-13)15(7-9-19-10-8-15)12-5-3-2-4-6-12/h2-6,11H,7-10,16H2,1H3/t11-/m1/s1. The van der Waals surface area contributed by atoms with Gasteiger partial charge in [-0.05, 0) is 25.3 Å². The first-order valence-electron chi connectivity index (χ1n) is 6.95. The van der Waals surface area contributed by atoms with E-state index in [1.54, 1.807) is 0 Å². The summed E-state index contributed by atoms with van der Waals surface area (Å²) < 4.78 is 10.8. The molecule has 0 unspecified atom stereocenters. The first kappa shape index (κ1) is 13.3. The minimum Gasteiger partial charge on any atom is -0.381 e. The van der Waals surface area contributed by atoms with Gasteiger partial charge in [-0.1, -0.05) is 35.5 Å². The van der Waals surface area contributed by atoms with Crippen molar-refractivity contribution >= 4 is 0 Å². The Balaban J connectivity index is 2.05. The SMILES string of the molecule is C[C@@H](N)c1nc(C2(c3ccccc3)CCOCC2)no1. The fourth-order valence-electron chi connectivity index (χ4n) is 2.73. The molecular formula is C15H19N3O2. The van der Waals surface area contributed by atoms with Crippen LogP contribution in [0.15, 0.2) is 34.9 Å². The van der Waals surface area contributed by atoms with Gasteiger partial charge in [0.15, 0.2) is 5.82 Å². The van der Waals surface area contributed by atoms with Crippen LogP contribution in [0.1, 0.15) is 43.1 Å². The van der Waals surface area contributed by atoms with Crippen LogP contribution in [0, 0.1) is 0 Å². The quantitative estimate of drug-likeness (QED) is 0.927. The molecule has 1 aromatic heterocycles. The van der Waals surface area contributed by atoms with Crippen LogP contribution < -0.4 is 5.73 Å². The zero-order valence-electron chi connectivity index (χ0n) is 11.6. The Kier molecular flexibility index (Phi) is 3.54. The van der Waals surface area contributed by atoms with E-state index >= 15 is 0 Å². The minimum absolute atomic E-state index is 0.226. The Morgan fingerprint density at radius 2 is 1.90 bits per heavy atom. The van der Waals surface area contributed by atoms with E-state index in [-0.39, 0.29) is 11.5 Å². The van der Waals surface area contributed by atoms with Gasteiger partial charge < -0.3 is 15.0 Å². The van der Waals surface area contributed by atoms with Crippen molar-refractivity contribution in [2.24, 2.45) is 5.73 Å². The Hall–Kier alpha value is -1.72. The molecule has 1 aliphatic heterocycles. The molecule has 1 aromatic carbocycles. The molecule has 5 heteroatoms. The van der Waals surface area contributed by atoms with Crippen LogP contribution in [0.25, 0.3) is 0 Å². The van der Waals surface area contributed by atoms with Crippen molar-refractivity contribution in [3.8, 4) is 0 Å². The van der Waals surface area contributed by atoms with Gasteiger partial charge in [0, 0.05) is 13.2 Å². The molecular weight excluding hydrogens is 254 g/mol. The molecule has 0 bridgehead atoms. The van der Waals surface area contributed by atoms with E-state index < -0.39 is 0 Å². The molecule has 0 radical (unpaired) electrons. The highest BCUT2D eigenvalue weighted by Gasteiger charge is 2.40. The predicted octanol–water partition coefficient (Wildman–Crippen LogP) is 2.19. The summed E-state index contributed by atoms with van der Waals surface area (Å²) in [4.78, 5) is 4.52. The number of hydrogen-bond acceptors (Lipinski definition) is 5. The van der Waals surface area contributed by atoms with Crippen LogP contribution in [-0.2, 0) is 10.2 Å². The lowest BCUT2D eigenvalue weighted by Crippen LogP contribution is -2.36. The van der Waals surface area contributed by atoms with Gasteiger partial charge in [0.05, 0.1) is 11.5 Å². The van der Waals surface area contributed by atoms with Crippen LogP contribution >= 0.6 is 0 Å². The maximum absolute atomic E-state index is 5.82. The van der Waals surface area contributed by atoms with Crippen LogP contribution in [-0.4, -0.2) is 23.4 Å². The average Bonchev–Trinajstić information content (AvgIpc) is 2.99. The second-order valence-electron chi connectivity index (χ2n) is 5.31. The first-order chi connectivity index (χ1) is 9.72. The minimum atomic E-state index is -0.246. The summed E-state index contributed by atoms with van der Waals surface area (Å²) in [7, 11) is 0. The number of hydrogen-bond donors (Lipinski definition) is 1. The molecule has 2 heterocycles. The second kappa shape index (κ2) is 5.34. The van der Waals surface area contributed by atoms with E-state index in [2.05, 4.69) is 22.3 Å². The van der Waals surface area contributed by atoms with Crippen molar-refractivity contribution in [3.05, 3.63) is 47.6 Å². The Morgan fingerprint density at radius 3 is 2.50 bits per heavy atom. The van der Waals surface area contributed by atoms with Gasteiger partial charge in [0.1, 0.15) is 0 Å². The Labute approximate surface area is 118 Å². The third kappa shape index (κ3) is 2.23. The zero-order chi connectivity index (χ0) is 14.0. The summed E-state index contributed by atoms with van der Waals surface area (Å²) >= 11 is 0. The number of rotatable bonds is 3.